The fourth-order valence-electron chi connectivity index (χ4n) is 3.45. The lowest BCUT2D eigenvalue weighted by atomic mass is 10.2. The van der Waals surface area contributed by atoms with Crippen molar-refractivity contribution >= 4 is 32.3 Å². The number of hydrogen-bond acceptors (Lipinski definition) is 5. The molecule has 1 saturated heterocycles. The highest BCUT2D eigenvalue weighted by atomic mass is 32.2. The Hall–Kier alpha value is -2.35. The fourth-order valence-corrected chi connectivity index (χ4v) is 4.09. The van der Waals surface area contributed by atoms with Crippen molar-refractivity contribution in [1.29, 1.82) is 0 Å². The van der Waals surface area contributed by atoms with Gasteiger partial charge in [0.15, 0.2) is 9.84 Å². The number of H-pyrrole nitrogens is 1. The molecule has 0 radical (unpaired) electrons. The monoisotopic (exact) mass is 360 g/mol. The molecular formula is C17H20N4O3S. The molecule has 2 aromatic heterocycles. The van der Waals surface area contributed by atoms with Crippen molar-refractivity contribution in [2.75, 3.05) is 24.2 Å². The van der Waals surface area contributed by atoms with Gasteiger partial charge in [-0.15, -0.1) is 0 Å². The summed E-state index contributed by atoms with van der Waals surface area (Å²) < 4.78 is 25.7. The van der Waals surface area contributed by atoms with Crippen molar-refractivity contribution in [3.8, 4) is 0 Å². The third-order valence-electron chi connectivity index (χ3n) is 4.75. The lowest BCUT2D eigenvalue weighted by Gasteiger charge is -2.21. The second-order valence-corrected chi connectivity index (χ2v) is 8.60. The topological polar surface area (TPSA) is 87.5 Å². The van der Waals surface area contributed by atoms with Crippen LogP contribution in [0, 0.1) is 0 Å². The van der Waals surface area contributed by atoms with Gasteiger partial charge in [0.25, 0.3) is 5.56 Å². The second kappa shape index (κ2) is 5.87. The van der Waals surface area contributed by atoms with Crippen LogP contribution in [0.15, 0.2) is 34.1 Å². The molecule has 132 valence electrons. The highest BCUT2D eigenvalue weighted by molar-refractivity contribution is 7.90. The van der Waals surface area contributed by atoms with E-state index in [9.17, 15) is 13.2 Å². The lowest BCUT2D eigenvalue weighted by Crippen LogP contribution is -2.26. The van der Waals surface area contributed by atoms with Gasteiger partial charge in [-0.1, -0.05) is 12.8 Å². The average Bonchev–Trinajstić information content (AvgIpc) is 2.84. The van der Waals surface area contributed by atoms with E-state index in [1.165, 1.54) is 25.2 Å². The molecule has 7 nitrogen and oxygen atoms in total. The number of nitrogens with one attached hydrogen (secondary N) is 1. The van der Waals surface area contributed by atoms with E-state index < -0.39 is 9.84 Å². The van der Waals surface area contributed by atoms with E-state index in [1.807, 2.05) is 0 Å². The van der Waals surface area contributed by atoms with Gasteiger partial charge >= 0.3 is 0 Å². The molecule has 0 bridgehead atoms. The Kier molecular flexibility index (Phi) is 3.79. The minimum absolute atomic E-state index is 0.226. The fraction of sp³-hybridized carbons (Fsp3) is 0.412. The number of nitrogens with zero attached hydrogens (tertiary/aromatic N) is 3. The SMILES string of the molecule is CS(=O)(=O)c1ccc2[nH]c(=O)c3cnc(N4CCCCCC4)n3c2c1. The minimum atomic E-state index is -3.34. The highest BCUT2D eigenvalue weighted by Gasteiger charge is 2.19. The van der Waals surface area contributed by atoms with E-state index >= 15 is 0 Å². The van der Waals surface area contributed by atoms with Crippen LogP contribution in [0.25, 0.3) is 16.6 Å². The predicted molar refractivity (Wildman–Crippen MR) is 97.1 cm³/mol. The molecule has 1 fully saturated rings. The number of fused-ring (bicyclic) bond motifs is 3. The Bertz CT molecular complexity index is 1110. The molecule has 0 atom stereocenters. The summed E-state index contributed by atoms with van der Waals surface area (Å²) in [6.45, 7) is 1.78. The van der Waals surface area contributed by atoms with Gasteiger partial charge in [-0.25, -0.2) is 13.4 Å². The van der Waals surface area contributed by atoms with Gasteiger partial charge in [0, 0.05) is 19.3 Å². The maximum absolute atomic E-state index is 12.4. The first-order chi connectivity index (χ1) is 11.9. The number of rotatable bonds is 2. The number of anilines is 1. The van der Waals surface area contributed by atoms with Crippen LogP contribution in [0.4, 0.5) is 5.95 Å². The molecule has 0 saturated carbocycles. The summed E-state index contributed by atoms with van der Waals surface area (Å²) in [5.74, 6) is 0.707. The zero-order chi connectivity index (χ0) is 17.6. The zero-order valence-corrected chi connectivity index (χ0v) is 14.8. The number of aromatic amines is 1. The summed E-state index contributed by atoms with van der Waals surface area (Å²) in [5, 5.41) is 0. The van der Waals surface area contributed by atoms with Gasteiger partial charge in [0.05, 0.1) is 22.1 Å². The molecule has 1 aliphatic heterocycles. The molecule has 0 aliphatic carbocycles. The summed E-state index contributed by atoms with van der Waals surface area (Å²) in [6.07, 6.45) is 7.31. The Balaban J connectivity index is 2.02. The molecule has 3 aromatic rings. The van der Waals surface area contributed by atoms with Gasteiger partial charge in [-0.05, 0) is 31.0 Å². The van der Waals surface area contributed by atoms with E-state index in [0.29, 0.717) is 22.5 Å². The molecular weight excluding hydrogens is 340 g/mol. The molecule has 0 spiro atoms. The van der Waals surface area contributed by atoms with E-state index in [2.05, 4.69) is 14.9 Å². The van der Waals surface area contributed by atoms with Gasteiger partial charge in [0.1, 0.15) is 5.52 Å². The maximum atomic E-state index is 12.4. The van der Waals surface area contributed by atoms with E-state index in [4.69, 9.17) is 0 Å². The van der Waals surface area contributed by atoms with Gasteiger partial charge in [-0.2, -0.15) is 0 Å². The van der Waals surface area contributed by atoms with Crippen molar-refractivity contribution in [3.05, 3.63) is 34.7 Å². The molecule has 25 heavy (non-hydrogen) atoms. The summed E-state index contributed by atoms with van der Waals surface area (Å²) >= 11 is 0. The third kappa shape index (κ3) is 2.80. The first-order valence-electron chi connectivity index (χ1n) is 8.44. The Labute approximate surface area is 145 Å². The Morgan fingerprint density at radius 3 is 2.48 bits per heavy atom. The van der Waals surface area contributed by atoms with Crippen LogP contribution < -0.4 is 10.5 Å². The van der Waals surface area contributed by atoms with Crippen molar-refractivity contribution in [2.24, 2.45) is 0 Å². The number of sulfone groups is 1. The zero-order valence-electron chi connectivity index (χ0n) is 14.0. The number of aromatic nitrogens is 3. The van der Waals surface area contributed by atoms with E-state index in [0.717, 1.165) is 25.9 Å². The standard InChI is InChI=1S/C17H20N4O3S/c1-25(23,24)12-6-7-13-14(10-12)21-15(16(22)19-13)11-18-17(21)20-8-4-2-3-5-9-20/h6-7,10-11H,2-5,8-9H2,1H3,(H,19,22). The first kappa shape index (κ1) is 16.1. The average molecular weight is 360 g/mol. The molecule has 3 heterocycles. The maximum Gasteiger partial charge on any atom is 0.274 e. The quantitative estimate of drug-likeness (QED) is 0.755. The van der Waals surface area contributed by atoms with Crippen LogP contribution in [-0.2, 0) is 9.84 Å². The normalized spacial score (nSPS) is 16.4. The van der Waals surface area contributed by atoms with Crippen LogP contribution in [0.2, 0.25) is 0 Å². The van der Waals surface area contributed by atoms with Crippen LogP contribution in [0.3, 0.4) is 0 Å². The van der Waals surface area contributed by atoms with E-state index in [1.54, 1.807) is 22.7 Å². The van der Waals surface area contributed by atoms with Crippen LogP contribution in [0.5, 0.6) is 0 Å². The molecule has 8 heteroatoms. The summed E-state index contributed by atoms with van der Waals surface area (Å²) in [7, 11) is -3.34. The predicted octanol–water partition coefficient (Wildman–Crippen LogP) is 1.96. The van der Waals surface area contributed by atoms with Gasteiger partial charge in [-0.3, -0.25) is 9.20 Å². The van der Waals surface area contributed by atoms with Crippen LogP contribution >= 0.6 is 0 Å². The largest absolute Gasteiger partial charge is 0.342 e. The summed E-state index contributed by atoms with van der Waals surface area (Å²) in [5.41, 5.74) is 1.44. The number of imidazole rings is 1. The van der Waals surface area contributed by atoms with Gasteiger partial charge < -0.3 is 9.88 Å². The second-order valence-electron chi connectivity index (χ2n) is 6.59. The van der Waals surface area contributed by atoms with Crippen molar-refractivity contribution < 1.29 is 8.42 Å². The Morgan fingerprint density at radius 1 is 1.08 bits per heavy atom. The molecule has 0 amide bonds. The number of benzene rings is 1. The molecule has 4 rings (SSSR count). The molecule has 1 aromatic carbocycles. The van der Waals surface area contributed by atoms with E-state index in [-0.39, 0.29) is 10.5 Å². The van der Waals surface area contributed by atoms with Crippen molar-refractivity contribution in [3.63, 3.8) is 0 Å². The first-order valence-corrected chi connectivity index (χ1v) is 10.3. The van der Waals surface area contributed by atoms with Crippen molar-refractivity contribution in [1.82, 2.24) is 14.4 Å². The highest BCUT2D eigenvalue weighted by Crippen LogP contribution is 2.24. The van der Waals surface area contributed by atoms with Crippen LogP contribution in [-0.4, -0.2) is 42.1 Å². The minimum Gasteiger partial charge on any atom is -0.342 e. The molecule has 1 N–H and O–H groups in total. The third-order valence-corrected chi connectivity index (χ3v) is 5.86. The molecule has 1 aliphatic rings. The molecule has 0 unspecified atom stereocenters. The number of hydrogen-bond donors (Lipinski definition) is 1. The van der Waals surface area contributed by atoms with Crippen LogP contribution in [0.1, 0.15) is 25.7 Å². The van der Waals surface area contributed by atoms with Gasteiger partial charge in [0.2, 0.25) is 5.95 Å². The Morgan fingerprint density at radius 2 is 1.80 bits per heavy atom. The summed E-state index contributed by atoms with van der Waals surface area (Å²) in [6, 6.07) is 4.76. The summed E-state index contributed by atoms with van der Waals surface area (Å²) in [4.78, 5) is 22.1. The smallest absolute Gasteiger partial charge is 0.274 e. The lowest BCUT2D eigenvalue weighted by molar-refractivity contribution is 0.602. The van der Waals surface area contributed by atoms with Crippen molar-refractivity contribution in [2.45, 2.75) is 30.6 Å².